The number of sulfonamides is 1. The Bertz CT molecular complexity index is 670. The third-order valence-corrected chi connectivity index (χ3v) is 6.18. The Morgan fingerprint density at radius 1 is 1.47 bits per heavy atom. The number of nitrogens with one attached hydrogen (secondary N) is 1. The number of nitrogen functional groups attached to an aromatic ring is 1. The molecule has 1 aromatic rings. The van der Waals surface area contributed by atoms with E-state index >= 15 is 0 Å². The molecule has 3 N–H and O–H groups in total. The van der Waals surface area contributed by atoms with Crippen molar-refractivity contribution in [1.29, 1.82) is 0 Å². The van der Waals surface area contributed by atoms with Crippen molar-refractivity contribution in [3.63, 3.8) is 0 Å². The number of nitrogens with zero attached hydrogens (tertiary/aromatic N) is 1. The summed E-state index contributed by atoms with van der Waals surface area (Å²) in [6.45, 7) is 0.0809. The summed E-state index contributed by atoms with van der Waals surface area (Å²) in [5, 5.41) is -0.226. The summed E-state index contributed by atoms with van der Waals surface area (Å²) < 4.78 is 48.9. The van der Waals surface area contributed by atoms with Crippen LogP contribution in [0.3, 0.4) is 0 Å². The van der Waals surface area contributed by atoms with Crippen molar-refractivity contribution in [2.45, 2.75) is 11.4 Å². The van der Waals surface area contributed by atoms with Crippen LogP contribution >= 0.6 is 0 Å². The minimum atomic E-state index is -3.80. The van der Waals surface area contributed by atoms with E-state index < -0.39 is 19.9 Å². The zero-order valence-corrected chi connectivity index (χ0v) is 11.7. The maximum absolute atomic E-state index is 12.0. The first-order valence-corrected chi connectivity index (χ1v) is 9.01. The van der Waals surface area contributed by atoms with E-state index in [-0.39, 0.29) is 34.7 Å². The van der Waals surface area contributed by atoms with Crippen LogP contribution in [-0.4, -0.2) is 39.9 Å². The van der Waals surface area contributed by atoms with E-state index in [1.807, 2.05) is 0 Å². The molecule has 2 heterocycles. The fourth-order valence-corrected chi connectivity index (χ4v) is 4.99. The van der Waals surface area contributed by atoms with E-state index in [4.69, 9.17) is 5.73 Å². The van der Waals surface area contributed by atoms with Crippen LogP contribution in [0.1, 0.15) is 6.42 Å². The summed E-state index contributed by atoms with van der Waals surface area (Å²) in [6.07, 6.45) is 1.81. The molecule has 1 atom stereocenters. The number of aromatic nitrogens is 1. The lowest BCUT2D eigenvalue weighted by Crippen LogP contribution is -2.31. The van der Waals surface area contributed by atoms with Crippen molar-refractivity contribution >= 4 is 25.5 Å². The molecule has 0 saturated carbocycles. The first-order valence-electron chi connectivity index (χ1n) is 5.71. The van der Waals surface area contributed by atoms with Gasteiger partial charge in [-0.15, -0.1) is 0 Å². The molecule has 0 bridgehead atoms. The second kappa shape index (κ2) is 5.06. The number of hydrogen-bond acceptors (Lipinski definition) is 6. The predicted molar refractivity (Wildman–Crippen MR) is 70.6 cm³/mol. The molecule has 0 radical (unpaired) electrons. The molecule has 1 saturated heterocycles. The molecule has 9 heteroatoms. The maximum atomic E-state index is 12.0. The van der Waals surface area contributed by atoms with E-state index in [1.54, 1.807) is 0 Å². The van der Waals surface area contributed by atoms with Crippen molar-refractivity contribution in [1.82, 2.24) is 9.71 Å². The number of sulfone groups is 1. The highest BCUT2D eigenvalue weighted by atomic mass is 32.2. The molecule has 1 aliphatic rings. The Morgan fingerprint density at radius 3 is 2.79 bits per heavy atom. The second-order valence-electron chi connectivity index (χ2n) is 4.52. The van der Waals surface area contributed by atoms with E-state index in [0.717, 1.165) is 0 Å². The Hall–Kier alpha value is -1.19. The number of hydrogen-bond donors (Lipinski definition) is 2. The molecular weight excluding hydrogens is 290 g/mol. The Labute approximate surface area is 112 Å². The van der Waals surface area contributed by atoms with Gasteiger partial charge in [-0.25, -0.2) is 26.5 Å². The van der Waals surface area contributed by atoms with E-state index in [1.165, 1.54) is 18.3 Å². The van der Waals surface area contributed by atoms with Crippen LogP contribution in [0.2, 0.25) is 0 Å². The zero-order valence-electron chi connectivity index (χ0n) is 10.1. The largest absolute Gasteiger partial charge is 0.396 e. The van der Waals surface area contributed by atoms with Crippen molar-refractivity contribution in [2.24, 2.45) is 5.92 Å². The molecule has 0 aromatic carbocycles. The Morgan fingerprint density at radius 2 is 2.21 bits per heavy atom. The van der Waals surface area contributed by atoms with Gasteiger partial charge in [0.05, 0.1) is 17.2 Å². The van der Waals surface area contributed by atoms with Gasteiger partial charge in [0.15, 0.2) is 14.9 Å². The summed E-state index contributed by atoms with van der Waals surface area (Å²) >= 11 is 0. The molecule has 19 heavy (non-hydrogen) atoms. The first kappa shape index (κ1) is 14.2. The molecule has 1 aromatic heterocycles. The number of pyridine rings is 1. The van der Waals surface area contributed by atoms with Gasteiger partial charge in [-0.2, -0.15) is 0 Å². The average Bonchev–Trinajstić information content (AvgIpc) is 2.67. The van der Waals surface area contributed by atoms with E-state index in [9.17, 15) is 16.8 Å². The Kier molecular flexibility index (Phi) is 3.79. The zero-order chi connectivity index (χ0) is 14.1. The number of nitrogens with two attached hydrogens (primary N) is 1. The van der Waals surface area contributed by atoms with Crippen LogP contribution in [0, 0.1) is 5.92 Å². The van der Waals surface area contributed by atoms with Crippen molar-refractivity contribution in [3.05, 3.63) is 18.3 Å². The third-order valence-electron chi connectivity index (χ3n) is 2.94. The highest BCUT2D eigenvalue weighted by molar-refractivity contribution is 7.91. The number of rotatable bonds is 4. The smallest absolute Gasteiger partial charge is 0.260 e. The molecular formula is C10H15N3O4S2. The highest BCUT2D eigenvalue weighted by Gasteiger charge is 2.29. The van der Waals surface area contributed by atoms with Crippen LogP contribution in [0.15, 0.2) is 23.4 Å². The van der Waals surface area contributed by atoms with Gasteiger partial charge in [-0.3, -0.25) is 0 Å². The van der Waals surface area contributed by atoms with Gasteiger partial charge in [0.1, 0.15) is 0 Å². The van der Waals surface area contributed by atoms with Crippen molar-refractivity contribution in [3.8, 4) is 0 Å². The normalized spacial score (nSPS) is 22.4. The fraction of sp³-hybridized carbons (Fsp3) is 0.500. The lowest BCUT2D eigenvalue weighted by molar-refractivity contribution is 0.541. The second-order valence-corrected chi connectivity index (χ2v) is 8.43. The van der Waals surface area contributed by atoms with Crippen LogP contribution in [0.5, 0.6) is 0 Å². The third kappa shape index (κ3) is 3.43. The molecule has 2 rings (SSSR count). The summed E-state index contributed by atoms with van der Waals surface area (Å²) in [5.74, 6) is -0.0528. The standard InChI is InChI=1S/C10H15N3O4S2/c11-9-2-1-4-12-10(9)19(16,17)13-6-8-3-5-18(14,15)7-8/h1-2,4,8,13H,3,5-7,11H2. The lowest BCUT2D eigenvalue weighted by Gasteiger charge is -2.10. The summed E-state index contributed by atoms with van der Waals surface area (Å²) in [5.41, 5.74) is 5.62. The molecule has 0 aliphatic carbocycles. The van der Waals surface area contributed by atoms with Gasteiger partial charge in [0, 0.05) is 12.7 Å². The Balaban J connectivity index is 2.05. The van der Waals surface area contributed by atoms with Gasteiger partial charge >= 0.3 is 0 Å². The van der Waals surface area contributed by atoms with Gasteiger partial charge < -0.3 is 5.73 Å². The minimum absolute atomic E-state index is 0.0211. The predicted octanol–water partition coefficient (Wildman–Crippen LogP) is -0.623. The molecule has 1 aliphatic heterocycles. The molecule has 1 unspecified atom stereocenters. The van der Waals surface area contributed by atoms with Crippen molar-refractivity contribution < 1.29 is 16.8 Å². The fourth-order valence-electron chi connectivity index (χ4n) is 1.96. The van der Waals surface area contributed by atoms with Gasteiger partial charge in [0.2, 0.25) is 0 Å². The summed E-state index contributed by atoms with van der Waals surface area (Å²) in [6, 6.07) is 2.99. The molecule has 0 spiro atoms. The molecule has 106 valence electrons. The van der Waals surface area contributed by atoms with Crippen LogP contribution in [-0.2, 0) is 19.9 Å². The summed E-state index contributed by atoms with van der Waals surface area (Å²) in [7, 11) is -6.81. The van der Waals surface area contributed by atoms with E-state index in [2.05, 4.69) is 9.71 Å². The molecule has 0 amide bonds. The average molecular weight is 305 g/mol. The summed E-state index contributed by atoms with van der Waals surface area (Å²) in [4.78, 5) is 3.73. The van der Waals surface area contributed by atoms with Crippen LogP contribution < -0.4 is 10.5 Å². The highest BCUT2D eigenvalue weighted by Crippen LogP contribution is 2.19. The quantitative estimate of drug-likeness (QED) is 0.765. The first-order chi connectivity index (χ1) is 8.80. The number of anilines is 1. The van der Waals surface area contributed by atoms with Crippen LogP contribution in [0.25, 0.3) is 0 Å². The van der Waals surface area contributed by atoms with Gasteiger partial charge in [0.25, 0.3) is 10.0 Å². The van der Waals surface area contributed by atoms with Crippen LogP contribution in [0.4, 0.5) is 5.69 Å². The minimum Gasteiger partial charge on any atom is -0.396 e. The monoisotopic (exact) mass is 305 g/mol. The van der Waals surface area contributed by atoms with E-state index in [0.29, 0.717) is 6.42 Å². The van der Waals surface area contributed by atoms with Crippen molar-refractivity contribution in [2.75, 3.05) is 23.8 Å². The lowest BCUT2D eigenvalue weighted by atomic mass is 10.1. The topological polar surface area (TPSA) is 119 Å². The molecule has 7 nitrogen and oxygen atoms in total. The van der Waals surface area contributed by atoms with Gasteiger partial charge in [-0.1, -0.05) is 0 Å². The SMILES string of the molecule is Nc1cccnc1S(=O)(=O)NCC1CCS(=O)(=O)C1. The van der Waals surface area contributed by atoms with Gasteiger partial charge in [-0.05, 0) is 24.5 Å². The maximum Gasteiger partial charge on any atom is 0.260 e. The molecule has 1 fully saturated rings.